The van der Waals surface area contributed by atoms with Crippen molar-refractivity contribution in [2.75, 3.05) is 0 Å². The van der Waals surface area contributed by atoms with E-state index in [-0.39, 0.29) is 5.00 Å². The van der Waals surface area contributed by atoms with Gasteiger partial charge in [-0.2, -0.15) is 4.99 Å². The van der Waals surface area contributed by atoms with Crippen molar-refractivity contribution < 1.29 is 9.72 Å². The standard InChI is InChI=1S/C18H15N3O3S2/c1-3-11-20-17-12(2)5-4-6-14(17)26-18(20)19-15(22)9-7-13-8-10-16(25-13)21(23)24/h3-10H,1,11H2,2H3. The van der Waals surface area contributed by atoms with E-state index in [4.69, 9.17) is 0 Å². The Kier molecular flexibility index (Phi) is 5.24. The van der Waals surface area contributed by atoms with Gasteiger partial charge >= 0.3 is 5.00 Å². The first kappa shape index (κ1) is 18.0. The van der Waals surface area contributed by atoms with Gasteiger partial charge in [-0.05, 0) is 30.7 Å². The average Bonchev–Trinajstić information content (AvgIpc) is 3.20. The van der Waals surface area contributed by atoms with Crippen LogP contribution in [0.4, 0.5) is 5.00 Å². The lowest BCUT2D eigenvalue weighted by Gasteiger charge is -2.03. The zero-order valence-corrected chi connectivity index (χ0v) is 15.5. The van der Waals surface area contributed by atoms with Crippen molar-refractivity contribution in [2.24, 2.45) is 4.99 Å². The molecule has 0 spiro atoms. The third-order valence-corrected chi connectivity index (χ3v) is 5.65. The molecular formula is C18H15N3O3S2. The van der Waals surface area contributed by atoms with Crippen molar-refractivity contribution >= 4 is 49.9 Å². The largest absolute Gasteiger partial charge is 0.324 e. The first-order valence-electron chi connectivity index (χ1n) is 7.70. The highest BCUT2D eigenvalue weighted by Gasteiger charge is 2.09. The lowest BCUT2D eigenvalue weighted by molar-refractivity contribution is -0.380. The number of nitrogens with zero attached hydrogens (tertiary/aromatic N) is 3. The van der Waals surface area contributed by atoms with E-state index in [2.05, 4.69) is 11.6 Å². The molecule has 1 amide bonds. The maximum absolute atomic E-state index is 12.2. The van der Waals surface area contributed by atoms with E-state index in [0.29, 0.717) is 16.2 Å². The van der Waals surface area contributed by atoms with Crippen LogP contribution in [0.5, 0.6) is 0 Å². The van der Waals surface area contributed by atoms with E-state index < -0.39 is 10.8 Å². The number of rotatable bonds is 5. The van der Waals surface area contributed by atoms with Gasteiger partial charge in [-0.25, -0.2) is 0 Å². The van der Waals surface area contributed by atoms with Crippen molar-refractivity contribution in [3.63, 3.8) is 0 Å². The normalized spacial score (nSPS) is 12.1. The molecule has 26 heavy (non-hydrogen) atoms. The molecule has 2 heterocycles. The fourth-order valence-corrected chi connectivity index (χ4v) is 4.35. The van der Waals surface area contributed by atoms with Crippen LogP contribution in [0.2, 0.25) is 0 Å². The summed E-state index contributed by atoms with van der Waals surface area (Å²) in [6.07, 6.45) is 4.63. The number of fused-ring (bicyclic) bond motifs is 1. The smallest absolute Gasteiger partial charge is 0.312 e. The van der Waals surface area contributed by atoms with E-state index in [1.165, 1.54) is 23.5 Å². The van der Waals surface area contributed by atoms with Crippen LogP contribution >= 0.6 is 22.7 Å². The number of hydrogen-bond donors (Lipinski definition) is 0. The van der Waals surface area contributed by atoms with E-state index in [1.54, 1.807) is 18.2 Å². The minimum atomic E-state index is -0.452. The van der Waals surface area contributed by atoms with Crippen LogP contribution in [-0.4, -0.2) is 15.4 Å². The van der Waals surface area contributed by atoms with Gasteiger partial charge in [0.2, 0.25) is 0 Å². The van der Waals surface area contributed by atoms with Crippen molar-refractivity contribution in [1.29, 1.82) is 0 Å². The fourth-order valence-electron chi connectivity index (χ4n) is 2.51. The number of thiophene rings is 1. The molecule has 6 nitrogen and oxygen atoms in total. The van der Waals surface area contributed by atoms with Crippen molar-refractivity contribution in [1.82, 2.24) is 4.57 Å². The molecule has 0 fully saturated rings. The van der Waals surface area contributed by atoms with Crippen LogP contribution in [0.3, 0.4) is 0 Å². The van der Waals surface area contributed by atoms with Gasteiger partial charge in [0.25, 0.3) is 5.91 Å². The zero-order chi connectivity index (χ0) is 18.7. The molecule has 132 valence electrons. The number of carbonyl (C=O) groups is 1. The Morgan fingerprint density at radius 3 is 2.85 bits per heavy atom. The first-order chi connectivity index (χ1) is 12.5. The number of aromatic nitrogens is 1. The topological polar surface area (TPSA) is 77.5 Å². The van der Waals surface area contributed by atoms with Crippen LogP contribution < -0.4 is 4.80 Å². The Balaban J connectivity index is 1.95. The number of para-hydroxylation sites is 1. The van der Waals surface area contributed by atoms with Gasteiger partial charge in [-0.3, -0.25) is 14.9 Å². The summed E-state index contributed by atoms with van der Waals surface area (Å²) in [5, 5.41) is 10.7. The summed E-state index contributed by atoms with van der Waals surface area (Å²) in [5.74, 6) is -0.414. The van der Waals surface area contributed by atoms with Gasteiger partial charge in [0.1, 0.15) is 0 Å². The van der Waals surface area contributed by atoms with E-state index in [0.717, 1.165) is 27.1 Å². The molecule has 0 bridgehead atoms. The molecule has 0 aliphatic carbocycles. The number of aryl methyl sites for hydroxylation is 1. The summed E-state index contributed by atoms with van der Waals surface area (Å²) in [5.41, 5.74) is 2.15. The second-order valence-electron chi connectivity index (χ2n) is 5.42. The number of carbonyl (C=O) groups excluding carboxylic acids is 1. The van der Waals surface area contributed by atoms with Crippen LogP contribution in [0.25, 0.3) is 16.3 Å². The molecule has 0 radical (unpaired) electrons. The molecule has 3 rings (SSSR count). The summed E-state index contributed by atoms with van der Waals surface area (Å²) in [7, 11) is 0. The lowest BCUT2D eigenvalue weighted by atomic mass is 10.2. The third kappa shape index (κ3) is 3.71. The zero-order valence-electron chi connectivity index (χ0n) is 13.9. The number of benzene rings is 1. The lowest BCUT2D eigenvalue weighted by Crippen LogP contribution is -2.16. The molecule has 0 unspecified atom stereocenters. The fraction of sp³-hybridized carbons (Fsp3) is 0.111. The number of thiazole rings is 1. The van der Waals surface area contributed by atoms with Crippen molar-refractivity contribution in [2.45, 2.75) is 13.5 Å². The quantitative estimate of drug-likeness (QED) is 0.284. The molecule has 0 aliphatic heterocycles. The molecule has 2 aromatic heterocycles. The van der Waals surface area contributed by atoms with Gasteiger partial charge in [-0.15, -0.1) is 6.58 Å². The second kappa shape index (κ2) is 7.59. The molecule has 0 aliphatic rings. The van der Waals surface area contributed by atoms with Gasteiger partial charge in [0, 0.05) is 23.6 Å². The summed E-state index contributed by atoms with van der Waals surface area (Å²) in [6, 6.07) is 9.01. The van der Waals surface area contributed by atoms with E-state index >= 15 is 0 Å². The first-order valence-corrected chi connectivity index (χ1v) is 9.33. The number of allylic oxidation sites excluding steroid dienone is 1. The summed E-state index contributed by atoms with van der Waals surface area (Å²) >= 11 is 2.45. The number of nitro groups is 1. The SMILES string of the molecule is C=CCn1c(=NC(=O)C=Cc2ccc([N+](=O)[O-])s2)sc2cccc(C)c21. The average molecular weight is 385 g/mol. The molecule has 0 saturated carbocycles. The van der Waals surface area contributed by atoms with Crippen LogP contribution in [-0.2, 0) is 11.3 Å². The van der Waals surface area contributed by atoms with E-state index in [1.807, 2.05) is 29.7 Å². The summed E-state index contributed by atoms with van der Waals surface area (Å²) < 4.78 is 3.01. The Bertz CT molecular complexity index is 1100. The molecular weight excluding hydrogens is 370 g/mol. The molecule has 0 N–H and O–H groups in total. The molecule has 0 atom stereocenters. The Morgan fingerprint density at radius 1 is 1.35 bits per heavy atom. The number of hydrogen-bond acceptors (Lipinski definition) is 5. The van der Waals surface area contributed by atoms with E-state index in [9.17, 15) is 14.9 Å². The van der Waals surface area contributed by atoms with Crippen molar-refractivity contribution in [3.8, 4) is 0 Å². The van der Waals surface area contributed by atoms with Crippen LogP contribution in [0, 0.1) is 17.0 Å². The highest BCUT2D eigenvalue weighted by atomic mass is 32.1. The minimum Gasteiger partial charge on any atom is -0.312 e. The number of amides is 1. The maximum Gasteiger partial charge on any atom is 0.324 e. The van der Waals surface area contributed by atoms with Gasteiger partial charge in [0.15, 0.2) is 4.80 Å². The maximum atomic E-state index is 12.2. The Hall–Kier alpha value is -2.84. The summed E-state index contributed by atoms with van der Waals surface area (Å²) in [6.45, 7) is 6.35. The van der Waals surface area contributed by atoms with Gasteiger partial charge in [0.05, 0.1) is 15.1 Å². The molecule has 1 aromatic carbocycles. The third-order valence-electron chi connectivity index (χ3n) is 3.60. The Morgan fingerprint density at radius 2 is 2.15 bits per heavy atom. The summed E-state index contributed by atoms with van der Waals surface area (Å²) in [4.78, 5) is 27.9. The predicted molar refractivity (Wildman–Crippen MR) is 105 cm³/mol. The van der Waals surface area contributed by atoms with Gasteiger partial charge in [-0.1, -0.05) is 40.9 Å². The van der Waals surface area contributed by atoms with Crippen molar-refractivity contribution in [3.05, 3.63) is 74.4 Å². The monoisotopic (exact) mass is 385 g/mol. The van der Waals surface area contributed by atoms with Crippen LogP contribution in [0.15, 0.2) is 54.1 Å². The highest BCUT2D eigenvalue weighted by Crippen LogP contribution is 2.25. The van der Waals surface area contributed by atoms with Gasteiger partial charge < -0.3 is 4.57 Å². The predicted octanol–water partition coefficient (Wildman–Crippen LogP) is 4.31. The molecule has 3 aromatic rings. The minimum absolute atomic E-state index is 0.0397. The highest BCUT2D eigenvalue weighted by molar-refractivity contribution is 7.16. The Labute approximate surface area is 157 Å². The second-order valence-corrected chi connectivity index (χ2v) is 7.52. The molecule has 0 saturated heterocycles. The molecule has 8 heteroatoms. The van der Waals surface area contributed by atoms with Crippen LogP contribution in [0.1, 0.15) is 10.4 Å².